The average Bonchev–Trinajstić information content (AvgIpc) is 3.31. The van der Waals surface area contributed by atoms with Gasteiger partial charge in [-0.3, -0.25) is 14.5 Å². The minimum Gasteiger partial charge on any atom is -0.477 e. The molecule has 4 heterocycles. The second-order valence-corrected chi connectivity index (χ2v) is 10.6. The first-order valence-corrected chi connectivity index (χ1v) is 13.6. The number of thioether (sulfide) groups is 2. The number of carbonyl (C=O) groups is 3. The summed E-state index contributed by atoms with van der Waals surface area (Å²) in [6, 6.07) is 0.533. The van der Waals surface area contributed by atoms with Crippen LogP contribution in [0.5, 0.6) is 0 Å². The average molecular weight is 580 g/mol. The molecule has 2 atom stereocenters. The van der Waals surface area contributed by atoms with E-state index in [2.05, 4.69) is 31.4 Å². The Labute approximate surface area is 228 Å². The molecule has 2 aliphatic rings. The quantitative estimate of drug-likeness (QED) is 0.0435. The van der Waals surface area contributed by atoms with Crippen molar-refractivity contribution in [3.05, 3.63) is 35.8 Å². The summed E-state index contributed by atoms with van der Waals surface area (Å²) in [4.78, 5) is 52.2. The number of nitrogens with two attached hydrogens (primary N) is 3. The van der Waals surface area contributed by atoms with Crippen LogP contribution in [0.1, 0.15) is 5.82 Å². The van der Waals surface area contributed by atoms with Crippen molar-refractivity contribution in [1.82, 2.24) is 24.6 Å². The van der Waals surface area contributed by atoms with Gasteiger partial charge in [-0.15, -0.1) is 11.8 Å². The number of carboxylic acid groups (broad SMARTS) is 1. The lowest BCUT2D eigenvalue weighted by molar-refractivity contribution is -0.713. The molecule has 0 aromatic carbocycles. The highest BCUT2D eigenvalue weighted by molar-refractivity contribution is 8.01. The predicted octanol–water partition coefficient (Wildman–Crippen LogP) is -0.965. The Morgan fingerprint density at radius 1 is 1.42 bits per heavy atom. The molecule has 2 aromatic heterocycles. The fourth-order valence-corrected chi connectivity index (χ4v) is 6.69. The van der Waals surface area contributed by atoms with Gasteiger partial charge < -0.3 is 32.5 Å². The van der Waals surface area contributed by atoms with Crippen LogP contribution in [0, 0.1) is 0 Å². The minimum absolute atomic E-state index is 0.0540. The van der Waals surface area contributed by atoms with Crippen molar-refractivity contribution in [2.24, 2.45) is 5.16 Å². The van der Waals surface area contributed by atoms with E-state index in [-0.39, 0.29) is 33.9 Å². The third-order valence-electron chi connectivity index (χ3n) is 5.34. The van der Waals surface area contributed by atoms with Gasteiger partial charge in [0.05, 0.1) is 12.6 Å². The normalized spacial score (nSPS) is 19.0. The van der Waals surface area contributed by atoms with Crippen LogP contribution >= 0.6 is 35.1 Å². The molecule has 0 spiro atoms. The second-order valence-electron chi connectivity index (χ2n) is 7.77. The number of fused-ring (bicyclic) bond motifs is 1. The summed E-state index contributed by atoms with van der Waals surface area (Å²) in [5.74, 6) is -1.52. The summed E-state index contributed by atoms with van der Waals surface area (Å²) in [6.07, 6.45) is 1.65. The molecule has 0 radical (unpaired) electrons. The number of anilines is 3. The van der Waals surface area contributed by atoms with Crippen molar-refractivity contribution in [3.8, 4) is 0 Å². The molecular weight excluding hydrogens is 556 g/mol. The van der Waals surface area contributed by atoms with Crippen LogP contribution in [0.4, 0.5) is 16.8 Å². The van der Waals surface area contributed by atoms with Crippen LogP contribution in [0.15, 0.2) is 40.3 Å². The molecular formula is C20H23N10O5S3+. The molecule has 200 valence electrons. The fourth-order valence-electron chi connectivity index (χ4n) is 3.73. The van der Waals surface area contributed by atoms with E-state index in [1.807, 2.05) is 0 Å². The molecule has 0 bridgehead atoms. The summed E-state index contributed by atoms with van der Waals surface area (Å²) in [5, 5.41) is 16.2. The number of nitrogens with zero attached hydrogens (tertiary/aromatic N) is 6. The molecule has 1 fully saturated rings. The van der Waals surface area contributed by atoms with Gasteiger partial charge in [-0.25, -0.2) is 9.36 Å². The first kappa shape index (κ1) is 27.1. The zero-order chi connectivity index (χ0) is 27.6. The van der Waals surface area contributed by atoms with E-state index in [1.54, 1.807) is 10.6 Å². The third kappa shape index (κ3) is 5.22. The van der Waals surface area contributed by atoms with Crippen molar-refractivity contribution >= 4 is 75.3 Å². The van der Waals surface area contributed by atoms with Gasteiger partial charge in [-0.1, -0.05) is 22.8 Å². The zero-order valence-corrected chi connectivity index (χ0v) is 22.3. The number of amides is 2. The Morgan fingerprint density at radius 3 is 2.82 bits per heavy atom. The third-order valence-corrected chi connectivity index (χ3v) is 8.28. The Hall–Kier alpha value is -3.90. The van der Waals surface area contributed by atoms with Crippen LogP contribution in [-0.2, 0) is 25.8 Å². The number of aliphatic carboxylic acids is 1. The number of β-lactam (4-membered cyclic amide) rings is 1. The monoisotopic (exact) mass is 579 g/mol. The smallest absolute Gasteiger partial charge is 0.352 e. The van der Waals surface area contributed by atoms with Gasteiger partial charge in [-0.2, -0.15) is 9.36 Å². The fraction of sp³-hybridized carbons (Fsp3) is 0.300. The standard InChI is InChI=1S/C20H22N10O5S3/c1-3-4-29-10(22)5-9(21)24-20(29)37-7-8-6-36-17-12(16(32)30(17)13(8)18(33)34)25-15(31)11(27-35-2)14-26-19(23)38-28-14/h3,5,12,17H,1,4,6-7H2,2H3,(H7,21,22,23,25,26,28,31,33,34)/p+1/b27-11-/t12?,17-/m1/s1. The highest BCUT2D eigenvalue weighted by Crippen LogP contribution is 2.41. The number of carboxylic acids is 1. The molecule has 2 aromatic rings. The number of hydrogen-bond acceptors (Lipinski definition) is 14. The summed E-state index contributed by atoms with van der Waals surface area (Å²) in [5.41, 5.74) is 17.6. The Balaban J connectivity index is 1.52. The van der Waals surface area contributed by atoms with Crippen molar-refractivity contribution in [3.63, 3.8) is 0 Å². The molecule has 0 saturated carbocycles. The van der Waals surface area contributed by atoms with Gasteiger partial charge in [0, 0.05) is 23.0 Å². The van der Waals surface area contributed by atoms with E-state index in [0.29, 0.717) is 28.8 Å². The van der Waals surface area contributed by atoms with E-state index >= 15 is 0 Å². The van der Waals surface area contributed by atoms with E-state index < -0.39 is 29.2 Å². The van der Waals surface area contributed by atoms with E-state index in [9.17, 15) is 19.5 Å². The number of oxime groups is 1. The van der Waals surface area contributed by atoms with Crippen LogP contribution < -0.4 is 27.1 Å². The van der Waals surface area contributed by atoms with Crippen LogP contribution in [-0.4, -0.2) is 77.9 Å². The van der Waals surface area contributed by atoms with Crippen LogP contribution in [0.25, 0.3) is 0 Å². The van der Waals surface area contributed by atoms with Gasteiger partial charge in [0.15, 0.2) is 5.13 Å². The number of nitrogen functional groups attached to an aromatic ring is 3. The molecule has 8 N–H and O–H groups in total. The van der Waals surface area contributed by atoms with Crippen molar-refractivity contribution in [1.29, 1.82) is 0 Å². The number of nitrogens with one attached hydrogen (secondary N) is 1. The summed E-state index contributed by atoms with van der Waals surface area (Å²) >= 11 is 3.43. The first-order valence-electron chi connectivity index (χ1n) is 10.8. The molecule has 0 aliphatic carbocycles. The molecule has 38 heavy (non-hydrogen) atoms. The van der Waals surface area contributed by atoms with Crippen LogP contribution in [0.3, 0.4) is 0 Å². The lowest BCUT2D eigenvalue weighted by Gasteiger charge is -2.49. The minimum atomic E-state index is -1.26. The van der Waals surface area contributed by atoms with E-state index in [0.717, 1.165) is 11.5 Å². The first-order chi connectivity index (χ1) is 18.2. The van der Waals surface area contributed by atoms with Gasteiger partial charge in [-0.05, 0) is 17.3 Å². The zero-order valence-electron chi connectivity index (χ0n) is 19.9. The maximum absolute atomic E-state index is 13.0. The number of carbonyl (C=O) groups excluding carboxylic acids is 2. The lowest BCUT2D eigenvalue weighted by Crippen LogP contribution is -2.71. The topological polar surface area (TPSA) is 229 Å². The molecule has 4 rings (SSSR count). The number of rotatable bonds is 10. The molecule has 2 aliphatic heterocycles. The Morgan fingerprint density at radius 2 is 2.18 bits per heavy atom. The maximum Gasteiger partial charge on any atom is 0.352 e. The number of aromatic nitrogens is 4. The highest BCUT2D eigenvalue weighted by Gasteiger charge is 2.54. The number of hydrogen-bond donors (Lipinski definition) is 5. The van der Waals surface area contributed by atoms with Crippen molar-refractivity contribution in [2.75, 3.05) is 35.8 Å². The summed E-state index contributed by atoms with van der Waals surface area (Å²) in [7, 11) is 1.24. The van der Waals surface area contributed by atoms with Gasteiger partial charge >= 0.3 is 11.1 Å². The maximum atomic E-state index is 13.0. The Kier molecular flexibility index (Phi) is 8.02. The van der Waals surface area contributed by atoms with Crippen molar-refractivity contribution < 1.29 is 28.9 Å². The highest BCUT2D eigenvalue weighted by atomic mass is 32.2. The van der Waals surface area contributed by atoms with Gasteiger partial charge in [0.1, 0.15) is 24.2 Å². The van der Waals surface area contributed by atoms with Gasteiger partial charge in [0.25, 0.3) is 11.8 Å². The van der Waals surface area contributed by atoms with E-state index in [1.165, 1.54) is 41.6 Å². The largest absolute Gasteiger partial charge is 0.477 e. The van der Waals surface area contributed by atoms with Gasteiger partial charge in [0.2, 0.25) is 23.2 Å². The Bertz CT molecular complexity index is 1380. The molecule has 18 heteroatoms. The second kappa shape index (κ2) is 11.2. The summed E-state index contributed by atoms with van der Waals surface area (Å²) in [6.45, 7) is 4.09. The molecule has 1 unspecified atom stereocenters. The molecule has 15 nitrogen and oxygen atoms in total. The molecule has 2 amide bonds. The summed E-state index contributed by atoms with van der Waals surface area (Å²) < 4.78 is 5.64. The molecule has 1 saturated heterocycles. The van der Waals surface area contributed by atoms with Crippen molar-refractivity contribution in [2.45, 2.75) is 23.1 Å². The van der Waals surface area contributed by atoms with E-state index in [4.69, 9.17) is 22.0 Å². The SMILES string of the molecule is C=CC[n+]1c(N)cc(N)nc1SCC1=C(C(=O)O)N2C(=O)C(NC(=O)/C(=N\OC)c3nsc(N)n3)[C@H]2SC1. The van der Waals surface area contributed by atoms with Crippen LogP contribution in [0.2, 0.25) is 0 Å². The lowest BCUT2D eigenvalue weighted by atomic mass is 10.0. The number of allylic oxidation sites excluding steroid dienone is 1. The predicted molar refractivity (Wildman–Crippen MR) is 142 cm³/mol.